The fourth-order valence-electron chi connectivity index (χ4n) is 1.15. The van der Waals surface area contributed by atoms with Crippen LogP contribution in [-0.2, 0) is 0 Å². The Morgan fingerprint density at radius 1 is 1.12 bits per heavy atom. The molecule has 0 aliphatic heterocycles. The van der Waals surface area contributed by atoms with Crippen molar-refractivity contribution in [1.82, 2.24) is 19.9 Å². The topological polar surface area (TPSA) is 60.8 Å². The summed E-state index contributed by atoms with van der Waals surface area (Å²) < 4.78 is 4.99. The molecule has 0 aromatic carbocycles. The number of hydrogen-bond acceptors (Lipinski definition) is 5. The van der Waals surface area contributed by atoms with E-state index in [9.17, 15) is 0 Å². The third kappa shape index (κ3) is 2.45. The third-order valence-corrected chi connectivity index (χ3v) is 2.84. The molecule has 0 unspecified atom stereocenters. The number of hydrogen-bond donors (Lipinski definition) is 0. The van der Waals surface area contributed by atoms with Gasteiger partial charge in [0.1, 0.15) is 22.3 Å². The zero-order valence-corrected chi connectivity index (χ0v) is 10.6. The SMILES string of the molecule is COc1cc(-c2nc(Cl)c(C)c(Cl)n2)ncn1. The van der Waals surface area contributed by atoms with Gasteiger partial charge in [-0.25, -0.2) is 19.9 Å². The lowest BCUT2D eigenvalue weighted by Crippen LogP contribution is -1.97. The predicted molar refractivity (Wildman–Crippen MR) is 64.4 cm³/mol. The molecule has 0 amide bonds. The second kappa shape index (κ2) is 4.81. The van der Waals surface area contributed by atoms with Gasteiger partial charge in [-0.15, -0.1) is 0 Å². The molecule has 2 aromatic rings. The Labute approximate surface area is 108 Å². The van der Waals surface area contributed by atoms with E-state index in [1.165, 1.54) is 13.4 Å². The highest BCUT2D eigenvalue weighted by Crippen LogP contribution is 2.24. The van der Waals surface area contributed by atoms with E-state index in [0.717, 1.165) is 0 Å². The van der Waals surface area contributed by atoms with E-state index in [-0.39, 0.29) is 0 Å². The van der Waals surface area contributed by atoms with Gasteiger partial charge in [0.05, 0.1) is 7.11 Å². The zero-order valence-electron chi connectivity index (χ0n) is 9.11. The van der Waals surface area contributed by atoms with Gasteiger partial charge in [0.15, 0.2) is 5.82 Å². The number of methoxy groups -OCH3 is 1. The van der Waals surface area contributed by atoms with Crippen LogP contribution in [0.25, 0.3) is 11.5 Å². The summed E-state index contributed by atoms with van der Waals surface area (Å²) in [4.78, 5) is 16.1. The number of aromatic nitrogens is 4. The second-order valence-corrected chi connectivity index (χ2v) is 3.92. The number of nitrogens with zero attached hydrogens (tertiary/aromatic N) is 4. The summed E-state index contributed by atoms with van der Waals surface area (Å²) in [7, 11) is 1.52. The molecule has 88 valence electrons. The summed E-state index contributed by atoms with van der Waals surface area (Å²) in [6, 6.07) is 1.61. The first-order valence-electron chi connectivity index (χ1n) is 4.68. The van der Waals surface area contributed by atoms with Crippen LogP contribution in [0, 0.1) is 6.92 Å². The highest BCUT2D eigenvalue weighted by atomic mass is 35.5. The van der Waals surface area contributed by atoms with Crippen molar-refractivity contribution in [2.45, 2.75) is 6.92 Å². The molecule has 17 heavy (non-hydrogen) atoms. The Hall–Kier alpha value is -1.46. The minimum atomic E-state index is 0.303. The Bertz CT molecular complexity index is 539. The van der Waals surface area contributed by atoms with Crippen molar-refractivity contribution in [1.29, 1.82) is 0 Å². The number of halogens is 2. The molecule has 0 atom stereocenters. The quantitative estimate of drug-likeness (QED) is 0.785. The fourth-order valence-corrected chi connectivity index (χ4v) is 1.54. The summed E-state index contributed by atoms with van der Waals surface area (Å²) in [5.41, 5.74) is 1.14. The molecule has 0 aliphatic rings. The summed E-state index contributed by atoms with van der Waals surface area (Å²) >= 11 is 11.9. The average molecular weight is 271 g/mol. The second-order valence-electron chi connectivity index (χ2n) is 3.20. The molecule has 0 bridgehead atoms. The minimum Gasteiger partial charge on any atom is -0.481 e. The maximum Gasteiger partial charge on any atom is 0.216 e. The molecule has 5 nitrogen and oxygen atoms in total. The van der Waals surface area contributed by atoms with Crippen LogP contribution in [-0.4, -0.2) is 27.0 Å². The first-order chi connectivity index (χ1) is 8.11. The molecule has 2 rings (SSSR count). The normalized spacial score (nSPS) is 10.4. The smallest absolute Gasteiger partial charge is 0.216 e. The van der Waals surface area contributed by atoms with Gasteiger partial charge in [0.2, 0.25) is 5.88 Å². The Balaban J connectivity index is 2.52. The molecule has 0 radical (unpaired) electrons. The van der Waals surface area contributed by atoms with Gasteiger partial charge in [-0.3, -0.25) is 0 Å². The van der Waals surface area contributed by atoms with Crippen LogP contribution in [0.1, 0.15) is 5.56 Å². The molecule has 2 heterocycles. The van der Waals surface area contributed by atoms with E-state index in [0.29, 0.717) is 33.3 Å². The highest BCUT2D eigenvalue weighted by Gasteiger charge is 2.11. The largest absolute Gasteiger partial charge is 0.481 e. The molecule has 7 heteroatoms. The van der Waals surface area contributed by atoms with Gasteiger partial charge in [-0.05, 0) is 6.92 Å². The van der Waals surface area contributed by atoms with E-state index in [2.05, 4.69) is 19.9 Å². The van der Waals surface area contributed by atoms with Crippen molar-refractivity contribution in [3.8, 4) is 17.4 Å². The summed E-state index contributed by atoms with van der Waals surface area (Å²) in [6.07, 6.45) is 1.36. The molecule has 0 saturated carbocycles. The van der Waals surface area contributed by atoms with E-state index < -0.39 is 0 Å². The number of ether oxygens (including phenoxy) is 1. The molecule has 0 fully saturated rings. The molecular formula is C10H8Cl2N4O. The minimum absolute atomic E-state index is 0.303. The third-order valence-electron chi connectivity index (χ3n) is 2.11. The summed E-state index contributed by atoms with van der Waals surface area (Å²) in [5.74, 6) is 0.762. The van der Waals surface area contributed by atoms with Gasteiger partial charge < -0.3 is 4.74 Å². The van der Waals surface area contributed by atoms with Gasteiger partial charge in [-0.2, -0.15) is 0 Å². The van der Waals surface area contributed by atoms with Crippen molar-refractivity contribution in [2.24, 2.45) is 0 Å². The van der Waals surface area contributed by atoms with Crippen molar-refractivity contribution >= 4 is 23.2 Å². The lowest BCUT2D eigenvalue weighted by molar-refractivity contribution is 0.397. The highest BCUT2D eigenvalue weighted by molar-refractivity contribution is 6.34. The Kier molecular flexibility index (Phi) is 3.40. The molecule has 0 saturated heterocycles. The lowest BCUT2D eigenvalue weighted by Gasteiger charge is -2.04. The number of rotatable bonds is 2. The van der Waals surface area contributed by atoms with Crippen molar-refractivity contribution < 1.29 is 4.74 Å². The first kappa shape index (κ1) is 12.0. The van der Waals surface area contributed by atoms with Gasteiger partial charge >= 0.3 is 0 Å². The summed E-state index contributed by atoms with van der Waals surface area (Å²) in [5, 5.41) is 0.607. The predicted octanol–water partition coefficient (Wildman–Crippen LogP) is 2.56. The zero-order chi connectivity index (χ0) is 12.4. The van der Waals surface area contributed by atoms with Crippen LogP contribution in [0.15, 0.2) is 12.4 Å². The molecular weight excluding hydrogens is 263 g/mol. The maximum atomic E-state index is 5.93. The monoisotopic (exact) mass is 270 g/mol. The van der Waals surface area contributed by atoms with E-state index in [4.69, 9.17) is 27.9 Å². The van der Waals surface area contributed by atoms with Gasteiger partial charge in [-0.1, -0.05) is 23.2 Å². The van der Waals surface area contributed by atoms with Crippen LogP contribution in [0.3, 0.4) is 0 Å². The van der Waals surface area contributed by atoms with Crippen molar-refractivity contribution in [2.75, 3.05) is 7.11 Å². The van der Waals surface area contributed by atoms with E-state index in [1.807, 2.05) is 0 Å². The molecule has 0 N–H and O–H groups in total. The van der Waals surface area contributed by atoms with Crippen LogP contribution in [0.5, 0.6) is 5.88 Å². The maximum absolute atomic E-state index is 5.93. The first-order valence-corrected chi connectivity index (χ1v) is 5.43. The lowest BCUT2D eigenvalue weighted by atomic mass is 10.3. The van der Waals surface area contributed by atoms with Crippen LogP contribution in [0.2, 0.25) is 10.3 Å². The molecule has 2 aromatic heterocycles. The van der Waals surface area contributed by atoms with Crippen LogP contribution < -0.4 is 4.74 Å². The fraction of sp³-hybridized carbons (Fsp3) is 0.200. The van der Waals surface area contributed by atoms with Crippen LogP contribution in [0.4, 0.5) is 0 Å². The molecule has 0 aliphatic carbocycles. The van der Waals surface area contributed by atoms with E-state index in [1.54, 1.807) is 13.0 Å². The Morgan fingerprint density at radius 3 is 2.35 bits per heavy atom. The average Bonchev–Trinajstić information content (AvgIpc) is 2.35. The Morgan fingerprint density at radius 2 is 1.76 bits per heavy atom. The van der Waals surface area contributed by atoms with Crippen molar-refractivity contribution in [3.05, 3.63) is 28.3 Å². The molecule has 0 spiro atoms. The van der Waals surface area contributed by atoms with E-state index >= 15 is 0 Å². The standard InChI is InChI=1S/C10H8Cl2N4O/c1-5-8(11)15-10(16-9(5)12)6-3-7(17-2)14-4-13-6/h3-4H,1-2H3. The summed E-state index contributed by atoms with van der Waals surface area (Å²) in [6.45, 7) is 1.75. The van der Waals surface area contributed by atoms with Gasteiger partial charge in [0.25, 0.3) is 0 Å². The van der Waals surface area contributed by atoms with Gasteiger partial charge in [0, 0.05) is 11.6 Å². The van der Waals surface area contributed by atoms with Crippen LogP contribution >= 0.6 is 23.2 Å². The van der Waals surface area contributed by atoms with Crippen molar-refractivity contribution in [3.63, 3.8) is 0 Å².